The molecule has 0 aliphatic rings. The molecule has 0 radical (unpaired) electrons. The third kappa shape index (κ3) is 1.76. The van der Waals surface area contributed by atoms with Crippen molar-refractivity contribution in [1.29, 1.82) is 5.26 Å². The standard InChI is InChI=1S/C15H12N4/c1-10-8-11(6-7-17-10)15-18-14-12(9-16)4-3-5-13(14)19(15)2/h3-8H,1-2H3. The number of nitriles is 1. The molecule has 2 heterocycles. The van der Waals surface area contributed by atoms with E-state index in [1.165, 1.54) is 0 Å². The highest BCUT2D eigenvalue weighted by Gasteiger charge is 2.12. The molecule has 4 nitrogen and oxygen atoms in total. The number of aryl methyl sites for hydroxylation is 2. The summed E-state index contributed by atoms with van der Waals surface area (Å²) in [4.78, 5) is 8.80. The molecule has 0 aliphatic carbocycles. The molecule has 0 N–H and O–H groups in total. The van der Waals surface area contributed by atoms with E-state index in [0.717, 1.165) is 28.1 Å². The van der Waals surface area contributed by atoms with Crippen molar-refractivity contribution in [2.75, 3.05) is 0 Å². The monoisotopic (exact) mass is 248 g/mol. The smallest absolute Gasteiger partial charge is 0.141 e. The van der Waals surface area contributed by atoms with E-state index in [0.29, 0.717) is 5.56 Å². The Bertz CT molecular complexity index is 809. The summed E-state index contributed by atoms with van der Waals surface area (Å²) in [5, 5.41) is 9.14. The summed E-state index contributed by atoms with van der Waals surface area (Å²) in [6.07, 6.45) is 1.77. The number of aromatic nitrogens is 3. The lowest BCUT2D eigenvalue weighted by Gasteiger charge is -2.02. The fourth-order valence-electron chi connectivity index (χ4n) is 2.25. The minimum Gasteiger partial charge on any atom is -0.327 e. The van der Waals surface area contributed by atoms with E-state index in [1.807, 2.05) is 42.8 Å². The second kappa shape index (κ2) is 4.21. The van der Waals surface area contributed by atoms with Gasteiger partial charge in [0.2, 0.25) is 0 Å². The first-order valence-corrected chi connectivity index (χ1v) is 5.99. The maximum atomic E-state index is 9.14. The zero-order valence-corrected chi connectivity index (χ0v) is 10.8. The van der Waals surface area contributed by atoms with Gasteiger partial charge < -0.3 is 4.57 Å². The molecule has 1 aromatic carbocycles. The SMILES string of the molecule is Cc1cc(-c2nc3c(C#N)cccc3n2C)ccn1. The van der Waals surface area contributed by atoms with Gasteiger partial charge in [0.1, 0.15) is 17.4 Å². The first-order valence-electron chi connectivity index (χ1n) is 5.99. The van der Waals surface area contributed by atoms with Crippen LogP contribution in [0.1, 0.15) is 11.3 Å². The zero-order valence-electron chi connectivity index (χ0n) is 10.8. The number of imidazole rings is 1. The molecular weight excluding hydrogens is 236 g/mol. The van der Waals surface area contributed by atoms with Crippen LogP contribution in [0.15, 0.2) is 36.5 Å². The van der Waals surface area contributed by atoms with Crippen molar-refractivity contribution < 1.29 is 0 Å². The van der Waals surface area contributed by atoms with E-state index < -0.39 is 0 Å². The van der Waals surface area contributed by atoms with Gasteiger partial charge in [-0.2, -0.15) is 5.26 Å². The summed E-state index contributed by atoms with van der Waals surface area (Å²) in [5.41, 5.74) is 4.27. The van der Waals surface area contributed by atoms with Crippen molar-refractivity contribution >= 4 is 11.0 Å². The van der Waals surface area contributed by atoms with Gasteiger partial charge >= 0.3 is 0 Å². The van der Waals surface area contributed by atoms with E-state index in [1.54, 1.807) is 12.3 Å². The van der Waals surface area contributed by atoms with Crippen LogP contribution in [0.5, 0.6) is 0 Å². The van der Waals surface area contributed by atoms with Gasteiger partial charge in [0.05, 0.1) is 11.1 Å². The summed E-state index contributed by atoms with van der Waals surface area (Å²) in [5.74, 6) is 0.850. The summed E-state index contributed by atoms with van der Waals surface area (Å²) >= 11 is 0. The fourth-order valence-corrected chi connectivity index (χ4v) is 2.25. The number of pyridine rings is 1. The highest BCUT2D eigenvalue weighted by atomic mass is 15.1. The molecule has 0 saturated carbocycles. The first-order chi connectivity index (χ1) is 9.20. The lowest BCUT2D eigenvalue weighted by atomic mass is 10.2. The van der Waals surface area contributed by atoms with Crippen molar-refractivity contribution in [2.24, 2.45) is 7.05 Å². The highest BCUT2D eigenvalue weighted by Crippen LogP contribution is 2.25. The first kappa shape index (κ1) is 11.4. The van der Waals surface area contributed by atoms with Crippen LogP contribution in [0.3, 0.4) is 0 Å². The summed E-state index contributed by atoms with van der Waals surface area (Å²) in [6, 6.07) is 11.7. The Balaban J connectivity index is 2.32. The van der Waals surface area contributed by atoms with Crippen molar-refractivity contribution in [1.82, 2.24) is 14.5 Å². The molecule has 0 saturated heterocycles. The minimum atomic E-state index is 0.602. The van der Waals surface area contributed by atoms with Crippen LogP contribution >= 0.6 is 0 Å². The second-order valence-corrected chi connectivity index (χ2v) is 4.47. The van der Waals surface area contributed by atoms with Gasteiger partial charge in [-0.1, -0.05) is 6.07 Å². The van der Waals surface area contributed by atoms with Gasteiger partial charge in [0.15, 0.2) is 0 Å². The number of nitrogens with zero attached hydrogens (tertiary/aromatic N) is 4. The molecule has 19 heavy (non-hydrogen) atoms. The number of hydrogen-bond donors (Lipinski definition) is 0. The molecule has 4 heteroatoms. The van der Waals surface area contributed by atoms with Gasteiger partial charge in [-0.05, 0) is 31.2 Å². The van der Waals surface area contributed by atoms with Crippen molar-refractivity contribution in [3.63, 3.8) is 0 Å². The van der Waals surface area contributed by atoms with Crippen LogP contribution in [0, 0.1) is 18.3 Å². The third-order valence-corrected chi connectivity index (χ3v) is 3.19. The molecule has 0 amide bonds. The fraction of sp³-hybridized carbons (Fsp3) is 0.133. The molecule has 0 unspecified atom stereocenters. The largest absolute Gasteiger partial charge is 0.327 e. The van der Waals surface area contributed by atoms with E-state index in [9.17, 15) is 0 Å². The molecule has 0 fully saturated rings. The van der Waals surface area contributed by atoms with Gasteiger partial charge in [-0.15, -0.1) is 0 Å². The number of para-hydroxylation sites is 1. The van der Waals surface area contributed by atoms with Gasteiger partial charge in [-0.3, -0.25) is 4.98 Å². The molecule has 0 bridgehead atoms. The topological polar surface area (TPSA) is 54.5 Å². The van der Waals surface area contributed by atoms with E-state index in [2.05, 4.69) is 16.0 Å². The normalized spacial score (nSPS) is 10.6. The van der Waals surface area contributed by atoms with E-state index in [4.69, 9.17) is 5.26 Å². The molecule has 0 atom stereocenters. The highest BCUT2D eigenvalue weighted by molar-refractivity contribution is 5.85. The number of benzene rings is 1. The van der Waals surface area contributed by atoms with Gasteiger partial charge in [-0.25, -0.2) is 4.98 Å². The third-order valence-electron chi connectivity index (χ3n) is 3.19. The molecule has 0 spiro atoms. The Morgan fingerprint density at radius 1 is 1.26 bits per heavy atom. The molecular formula is C15H12N4. The Morgan fingerprint density at radius 2 is 2.11 bits per heavy atom. The molecule has 2 aromatic heterocycles. The minimum absolute atomic E-state index is 0.602. The molecule has 3 rings (SSSR count). The number of fused-ring (bicyclic) bond motifs is 1. The second-order valence-electron chi connectivity index (χ2n) is 4.47. The maximum Gasteiger partial charge on any atom is 0.141 e. The van der Waals surface area contributed by atoms with Crippen molar-refractivity contribution in [3.8, 4) is 17.5 Å². The van der Waals surface area contributed by atoms with Crippen molar-refractivity contribution in [2.45, 2.75) is 6.92 Å². The van der Waals surface area contributed by atoms with Crippen molar-refractivity contribution in [3.05, 3.63) is 47.8 Å². The quantitative estimate of drug-likeness (QED) is 0.665. The van der Waals surface area contributed by atoms with Crippen LogP contribution in [0.4, 0.5) is 0 Å². The predicted octanol–water partition coefficient (Wildman–Crippen LogP) is 2.82. The van der Waals surface area contributed by atoms with Gasteiger partial charge in [0, 0.05) is 24.5 Å². The van der Waals surface area contributed by atoms with E-state index >= 15 is 0 Å². The lowest BCUT2D eigenvalue weighted by Crippen LogP contribution is -1.93. The van der Waals surface area contributed by atoms with Crippen LogP contribution in [-0.4, -0.2) is 14.5 Å². The van der Waals surface area contributed by atoms with Gasteiger partial charge in [0.25, 0.3) is 0 Å². The Morgan fingerprint density at radius 3 is 2.84 bits per heavy atom. The number of hydrogen-bond acceptors (Lipinski definition) is 3. The maximum absolute atomic E-state index is 9.14. The predicted molar refractivity (Wildman–Crippen MR) is 73.4 cm³/mol. The van der Waals surface area contributed by atoms with E-state index in [-0.39, 0.29) is 0 Å². The van der Waals surface area contributed by atoms with Crippen LogP contribution in [0.2, 0.25) is 0 Å². The Hall–Kier alpha value is -2.67. The average Bonchev–Trinajstić information content (AvgIpc) is 2.76. The summed E-state index contributed by atoms with van der Waals surface area (Å²) in [6.45, 7) is 1.95. The Labute approximate surface area is 111 Å². The summed E-state index contributed by atoms with van der Waals surface area (Å²) < 4.78 is 2.00. The molecule has 92 valence electrons. The van der Waals surface area contributed by atoms with Crippen LogP contribution < -0.4 is 0 Å². The zero-order chi connectivity index (χ0) is 13.4. The summed E-state index contributed by atoms with van der Waals surface area (Å²) in [7, 11) is 1.96. The lowest BCUT2D eigenvalue weighted by molar-refractivity contribution is 0.957. The average molecular weight is 248 g/mol. The molecule has 3 aromatic rings. The Kier molecular flexibility index (Phi) is 2.53. The molecule has 0 aliphatic heterocycles. The van der Waals surface area contributed by atoms with Crippen LogP contribution in [-0.2, 0) is 7.05 Å². The number of rotatable bonds is 1. The van der Waals surface area contributed by atoms with Crippen LogP contribution in [0.25, 0.3) is 22.4 Å².